The fourth-order valence-corrected chi connectivity index (χ4v) is 7.54. The van der Waals surface area contributed by atoms with Crippen molar-refractivity contribution in [3.63, 3.8) is 0 Å². The molecule has 8 aromatic carbocycles. The molecule has 0 saturated carbocycles. The highest BCUT2D eigenvalue weighted by molar-refractivity contribution is 6.27. The van der Waals surface area contributed by atoms with Crippen LogP contribution in [0.3, 0.4) is 0 Å². The number of imidazole rings is 1. The molecule has 50 heavy (non-hydrogen) atoms. The Labute approximate surface area is 289 Å². The predicted octanol–water partition coefficient (Wildman–Crippen LogP) is 12.7. The number of nitrogens with zero attached hydrogens (tertiary/aromatic N) is 2. The third-order valence-corrected chi connectivity index (χ3v) is 9.83. The van der Waals surface area contributed by atoms with Gasteiger partial charge in [0.1, 0.15) is 17.0 Å². The molecule has 0 radical (unpaired) electrons. The van der Waals surface area contributed by atoms with Crippen LogP contribution >= 0.6 is 0 Å². The van der Waals surface area contributed by atoms with Gasteiger partial charge < -0.3 is 4.42 Å². The molecule has 234 valence electrons. The third kappa shape index (κ3) is 4.48. The van der Waals surface area contributed by atoms with E-state index in [9.17, 15) is 0 Å². The summed E-state index contributed by atoms with van der Waals surface area (Å²) in [6.45, 7) is 0. The third-order valence-electron chi connectivity index (χ3n) is 9.83. The molecular formula is C47H30N2O. The zero-order chi connectivity index (χ0) is 33.0. The zero-order valence-electron chi connectivity index (χ0n) is 27.1. The van der Waals surface area contributed by atoms with Gasteiger partial charge in [-0.3, -0.25) is 4.57 Å². The average molecular weight is 639 g/mol. The highest BCUT2D eigenvalue weighted by atomic mass is 16.3. The van der Waals surface area contributed by atoms with Crippen molar-refractivity contribution in [2.45, 2.75) is 0 Å². The van der Waals surface area contributed by atoms with Gasteiger partial charge in [-0.15, -0.1) is 0 Å². The topological polar surface area (TPSA) is 31.0 Å². The summed E-state index contributed by atoms with van der Waals surface area (Å²) in [4.78, 5) is 5.06. The van der Waals surface area contributed by atoms with Crippen LogP contribution in [0.2, 0.25) is 0 Å². The number of fused-ring (bicyclic) bond motifs is 6. The first-order valence-electron chi connectivity index (χ1n) is 17.0. The number of hydrogen-bond acceptors (Lipinski definition) is 2. The first kappa shape index (κ1) is 28.3. The Morgan fingerprint density at radius 2 is 0.940 bits per heavy atom. The molecule has 0 N–H and O–H groups in total. The summed E-state index contributed by atoms with van der Waals surface area (Å²) < 4.78 is 8.94. The predicted molar refractivity (Wildman–Crippen MR) is 208 cm³/mol. The lowest BCUT2D eigenvalue weighted by Gasteiger charge is -2.16. The van der Waals surface area contributed by atoms with Gasteiger partial charge >= 0.3 is 0 Å². The molecule has 0 amide bonds. The summed E-state index contributed by atoms with van der Waals surface area (Å²) >= 11 is 0. The minimum Gasteiger partial charge on any atom is -0.455 e. The molecule has 0 aliphatic heterocycles. The van der Waals surface area contributed by atoms with E-state index in [0.717, 1.165) is 77.9 Å². The van der Waals surface area contributed by atoms with E-state index in [4.69, 9.17) is 9.40 Å². The maximum atomic E-state index is 6.70. The summed E-state index contributed by atoms with van der Waals surface area (Å²) in [5.74, 6) is 0.931. The van der Waals surface area contributed by atoms with Crippen LogP contribution in [0.5, 0.6) is 0 Å². The molecule has 0 atom stereocenters. The molecule has 3 nitrogen and oxygen atoms in total. The first-order valence-corrected chi connectivity index (χ1v) is 17.0. The Kier molecular flexibility index (Phi) is 6.49. The average Bonchev–Trinajstić information content (AvgIpc) is 3.78. The molecule has 0 spiro atoms. The smallest absolute Gasteiger partial charge is 0.145 e. The van der Waals surface area contributed by atoms with Gasteiger partial charge in [-0.2, -0.15) is 0 Å². The Hall–Kier alpha value is -6.71. The summed E-state index contributed by atoms with van der Waals surface area (Å²) in [5, 5.41) is 4.71. The van der Waals surface area contributed by atoms with E-state index < -0.39 is 0 Å². The van der Waals surface area contributed by atoms with E-state index in [1.807, 2.05) is 18.2 Å². The van der Waals surface area contributed by atoms with Crippen LogP contribution in [0.4, 0.5) is 0 Å². The van der Waals surface area contributed by atoms with Crippen LogP contribution in [-0.4, -0.2) is 9.55 Å². The molecule has 10 aromatic rings. The lowest BCUT2D eigenvalue weighted by Crippen LogP contribution is -1.97. The summed E-state index contributed by atoms with van der Waals surface area (Å²) in [5.41, 5.74) is 13.0. The molecule has 0 unspecified atom stereocenters. The molecule has 0 aliphatic carbocycles. The maximum Gasteiger partial charge on any atom is 0.145 e. The van der Waals surface area contributed by atoms with Crippen molar-refractivity contribution in [1.29, 1.82) is 0 Å². The maximum absolute atomic E-state index is 6.70. The van der Waals surface area contributed by atoms with Gasteiger partial charge in [-0.05, 0) is 63.4 Å². The Morgan fingerprint density at radius 1 is 0.400 bits per heavy atom. The molecular weight excluding hydrogens is 609 g/mol. The number of furan rings is 1. The van der Waals surface area contributed by atoms with Crippen molar-refractivity contribution < 1.29 is 4.42 Å². The van der Waals surface area contributed by atoms with Crippen molar-refractivity contribution in [3.8, 4) is 50.5 Å². The quantitative estimate of drug-likeness (QED) is 0.188. The van der Waals surface area contributed by atoms with E-state index >= 15 is 0 Å². The van der Waals surface area contributed by atoms with Crippen LogP contribution < -0.4 is 0 Å². The molecule has 3 heteroatoms. The molecule has 0 fully saturated rings. The van der Waals surface area contributed by atoms with Gasteiger partial charge in [-0.1, -0.05) is 152 Å². The summed E-state index contributed by atoms with van der Waals surface area (Å²) in [7, 11) is 0. The van der Waals surface area contributed by atoms with Crippen LogP contribution in [0.25, 0.3) is 94.2 Å². The van der Waals surface area contributed by atoms with Crippen molar-refractivity contribution in [3.05, 3.63) is 182 Å². The minimum atomic E-state index is 0.903. The molecule has 2 aromatic heterocycles. The van der Waals surface area contributed by atoms with Gasteiger partial charge in [0.15, 0.2) is 0 Å². The van der Waals surface area contributed by atoms with Crippen LogP contribution in [0.1, 0.15) is 0 Å². The number of hydrogen-bond donors (Lipinski definition) is 0. The van der Waals surface area contributed by atoms with E-state index in [1.54, 1.807) is 0 Å². The second-order valence-corrected chi connectivity index (χ2v) is 12.7. The van der Waals surface area contributed by atoms with Gasteiger partial charge in [-0.25, -0.2) is 4.98 Å². The second kappa shape index (κ2) is 11.5. The summed E-state index contributed by atoms with van der Waals surface area (Å²) in [6, 6.07) is 64.2. The summed E-state index contributed by atoms with van der Waals surface area (Å²) in [6.07, 6.45) is 0. The molecule has 2 heterocycles. The minimum absolute atomic E-state index is 0.903. The number of rotatable bonds is 5. The largest absolute Gasteiger partial charge is 0.455 e. The zero-order valence-corrected chi connectivity index (χ0v) is 27.1. The SMILES string of the molecule is c1ccc(-c2c(-c3ccc(-c4ccc(-c5nc6ccccc6n5-c5ccccc5)cc4)cc3)c3ccccc3c3c2oc2ccccc23)cc1. The lowest BCUT2D eigenvalue weighted by molar-refractivity contribution is 0.670. The Balaban J connectivity index is 1.09. The number of benzene rings is 8. The van der Waals surface area contributed by atoms with Crippen molar-refractivity contribution in [1.82, 2.24) is 9.55 Å². The standard InChI is InChI=1S/C47H30N2O/c1-3-13-33(14-4-1)44-43(37-17-7-8-18-38(37)45-39-19-9-12-22-42(39)50-46(44)45)34-27-23-31(24-28-34)32-25-29-35(30-26-32)47-48-40-20-10-11-21-41(40)49(47)36-15-5-2-6-16-36/h1-30H. The second-order valence-electron chi connectivity index (χ2n) is 12.7. The first-order chi connectivity index (χ1) is 24.8. The van der Waals surface area contributed by atoms with Crippen molar-refractivity contribution in [2.75, 3.05) is 0 Å². The van der Waals surface area contributed by atoms with E-state index in [2.05, 4.69) is 168 Å². The van der Waals surface area contributed by atoms with E-state index in [-0.39, 0.29) is 0 Å². The van der Waals surface area contributed by atoms with Gasteiger partial charge in [0.2, 0.25) is 0 Å². The van der Waals surface area contributed by atoms with E-state index in [0.29, 0.717) is 0 Å². The fraction of sp³-hybridized carbons (Fsp3) is 0. The highest BCUT2D eigenvalue weighted by Gasteiger charge is 2.22. The molecule has 0 aliphatic rings. The molecule has 10 rings (SSSR count). The van der Waals surface area contributed by atoms with Crippen molar-refractivity contribution in [2.24, 2.45) is 0 Å². The van der Waals surface area contributed by atoms with Crippen molar-refractivity contribution >= 4 is 43.7 Å². The number of aromatic nitrogens is 2. The molecule has 0 saturated heterocycles. The van der Waals surface area contributed by atoms with E-state index in [1.165, 1.54) is 16.3 Å². The van der Waals surface area contributed by atoms with Gasteiger partial charge in [0.25, 0.3) is 0 Å². The monoisotopic (exact) mass is 638 g/mol. The van der Waals surface area contributed by atoms with Gasteiger partial charge in [0.05, 0.1) is 11.0 Å². The van der Waals surface area contributed by atoms with Crippen LogP contribution in [0, 0.1) is 0 Å². The molecule has 0 bridgehead atoms. The Morgan fingerprint density at radius 3 is 1.68 bits per heavy atom. The highest BCUT2D eigenvalue weighted by Crippen LogP contribution is 2.47. The van der Waals surface area contributed by atoms with Crippen LogP contribution in [0.15, 0.2) is 186 Å². The fourth-order valence-electron chi connectivity index (χ4n) is 7.54. The Bertz CT molecular complexity index is 2830. The van der Waals surface area contributed by atoms with Gasteiger partial charge in [0, 0.05) is 33.2 Å². The van der Waals surface area contributed by atoms with Crippen LogP contribution in [-0.2, 0) is 0 Å². The normalized spacial score (nSPS) is 11.6. The number of para-hydroxylation sites is 4. The lowest BCUT2D eigenvalue weighted by atomic mass is 9.86.